The van der Waals surface area contributed by atoms with Crippen molar-refractivity contribution in [3.05, 3.63) is 23.3 Å². The summed E-state index contributed by atoms with van der Waals surface area (Å²) in [6, 6.07) is 3.01. The number of Topliss-reactive ketones (excluding diaryl/α,β-unsaturated/α-hetero) is 1. The third kappa shape index (κ3) is 2.37. The van der Waals surface area contributed by atoms with E-state index >= 15 is 0 Å². The zero-order chi connectivity index (χ0) is 11.6. The van der Waals surface area contributed by atoms with E-state index in [0.29, 0.717) is 22.3 Å². The molecule has 0 aliphatic heterocycles. The topological polar surface area (TPSA) is 66.8 Å². The van der Waals surface area contributed by atoms with Gasteiger partial charge >= 0.3 is 7.12 Å². The number of hydrogen-bond donors (Lipinski definition) is 2. The van der Waals surface area contributed by atoms with Gasteiger partial charge in [-0.1, -0.05) is 6.07 Å². The SMILES string of the molecule is COc1cc(B(O)O)cc(C)c1C(C)=O. The van der Waals surface area contributed by atoms with Gasteiger partial charge in [0.15, 0.2) is 5.78 Å². The molecule has 2 N–H and O–H groups in total. The molecule has 1 aromatic carbocycles. The minimum Gasteiger partial charge on any atom is -0.496 e. The van der Waals surface area contributed by atoms with Crippen LogP contribution in [0.25, 0.3) is 0 Å². The Morgan fingerprint density at radius 3 is 2.40 bits per heavy atom. The first kappa shape index (κ1) is 11.7. The van der Waals surface area contributed by atoms with E-state index in [2.05, 4.69) is 0 Å². The fraction of sp³-hybridized carbons (Fsp3) is 0.300. The standard InChI is InChI=1S/C10H13BO4/c1-6-4-8(11(13)14)5-9(15-3)10(6)7(2)12/h4-5,13-14H,1-3H3. The Labute approximate surface area is 88.6 Å². The molecule has 4 nitrogen and oxygen atoms in total. The van der Waals surface area contributed by atoms with Crippen LogP contribution < -0.4 is 10.2 Å². The van der Waals surface area contributed by atoms with Crippen molar-refractivity contribution in [2.45, 2.75) is 13.8 Å². The predicted octanol–water partition coefficient (Wildman–Crippen LogP) is -0.114. The van der Waals surface area contributed by atoms with Gasteiger partial charge in [0.25, 0.3) is 0 Å². The highest BCUT2D eigenvalue weighted by atomic mass is 16.5. The Morgan fingerprint density at radius 2 is 2.00 bits per heavy atom. The highest BCUT2D eigenvalue weighted by molar-refractivity contribution is 6.58. The predicted molar refractivity (Wildman–Crippen MR) is 57.6 cm³/mol. The largest absolute Gasteiger partial charge is 0.496 e. The number of carbonyl (C=O) groups is 1. The fourth-order valence-electron chi connectivity index (χ4n) is 1.54. The molecule has 0 fully saturated rings. The van der Waals surface area contributed by atoms with Crippen LogP contribution >= 0.6 is 0 Å². The van der Waals surface area contributed by atoms with E-state index in [1.807, 2.05) is 0 Å². The molecule has 0 radical (unpaired) electrons. The average molecular weight is 208 g/mol. The first-order chi connectivity index (χ1) is 6.97. The molecule has 5 heteroatoms. The van der Waals surface area contributed by atoms with Crippen molar-refractivity contribution in [3.63, 3.8) is 0 Å². The Bertz CT molecular complexity index is 387. The van der Waals surface area contributed by atoms with Crippen LogP contribution in [0.5, 0.6) is 5.75 Å². The van der Waals surface area contributed by atoms with Gasteiger partial charge in [0.1, 0.15) is 5.75 Å². The van der Waals surface area contributed by atoms with Crippen molar-refractivity contribution >= 4 is 18.4 Å². The normalized spacial score (nSPS) is 9.93. The van der Waals surface area contributed by atoms with Gasteiger partial charge in [0.2, 0.25) is 0 Å². The van der Waals surface area contributed by atoms with Gasteiger partial charge in [-0.2, -0.15) is 0 Å². The van der Waals surface area contributed by atoms with E-state index in [9.17, 15) is 4.79 Å². The molecule has 80 valence electrons. The Morgan fingerprint density at radius 1 is 1.40 bits per heavy atom. The summed E-state index contributed by atoms with van der Waals surface area (Å²) in [7, 11) is -0.118. The zero-order valence-electron chi connectivity index (χ0n) is 8.94. The fourth-order valence-corrected chi connectivity index (χ4v) is 1.54. The Kier molecular flexibility index (Phi) is 3.50. The lowest BCUT2D eigenvalue weighted by Gasteiger charge is -2.11. The third-order valence-electron chi connectivity index (χ3n) is 2.19. The quantitative estimate of drug-likeness (QED) is 0.537. The molecule has 15 heavy (non-hydrogen) atoms. The second-order valence-electron chi connectivity index (χ2n) is 3.34. The van der Waals surface area contributed by atoms with Crippen LogP contribution in [0.2, 0.25) is 0 Å². The summed E-state index contributed by atoms with van der Waals surface area (Å²) in [5, 5.41) is 18.0. The lowest BCUT2D eigenvalue weighted by atomic mass is 9.78. The van der Waals surface area contributed by atoms with Crippen LogP contribution in [0, 0.1) is 6.92 Å². The summed E-state index contributed by atoms with van der Waals surface area (Å²) in [6.45, 7) is 3.17. The van der Waals surface area contributed by atoms with Crippen LogP contribution in [0.4, 0.5) is 0 Å². The maximum atomic E-state index is 11.3. The monoisotopic (exact) mass is 208 g/mol. The minimum atomic E-state index is -1.56. The van der Waals surface area contributed by atoms with Crippen molar-refractivity contribution in [3.8, 4) is 5.75 Å². The van der Waals surface area contributed by atoms with Crippen LogP contribution in [-0.2, 0) is 0 Å². The molecule has 0 saturated carbocycles. The van der Waals surface area contributed by atoms with Crippen molar-refractivity contribution < 1.29 is 19.6 Å². The molecule has 0 atom stereocenters. The van der Waals surface area contributed by atoms with Crippen LogP contribution in [-0.4, -0.2) is 30.1 Å². The summed E-state index contributed by atoms with van der Waals surface area (Å²) in [6.07, 6.45) is 0. The number of methoxy groups -OCH3 is 1. The van der Waals surface area contributed by atoms with Gasteiger partial charge in [-0.05, 0) is 30.9 Å². The van der Waals surface area contributed by atoms with Gasteiger partial charge in [-0.25, -0.2) is 0 Å². The number of rotatable bonds is 3. The molecule has 0 amide bonds. The second-order valence-corrected chi connectivity index (χ2v) is 3.34. The van der Waals surface area contributed by atoms with E-state index in [4.69, 9.17) is 14.8 Å². The molecule has 1 rings (SSSR count). The molecule has 0 bridgehead atoms. The number of ether oxygens (including phenoxy) is 1. The molecule has 0 aliphatic carbocycles. The Hall–Kier alpha value is -1.33. The molecule has 0 aliphatic rings. The maximum absolute atomic E-state index is 11.3. The molecule has 0 spiro atoms. The smallest absolute Gasteiger partial charge is 0.488 e. The lowest BCUT2D eigenvalue weighted by Crippen LogP contribution is -2.30. The van der Waals surface area contributed by atoms with Crippen LogP contribution in [0.1, 0.15) is 22.8 Å². The van der Waals surface area contributed by atoms with Crippen LogP contribution in [0.3, 0.4) is 0 Å². The van der Waals surface area contributed by atoms with E-state index in [0.717, 1.165) is 0 Å². The van der Waals surface area contributed by atoms with Crippen molar-refractivity contribution in [2.75, 3.05) is 7.11 Å². The molecule has 1 aromatic rings. The zero-order valence-corrected chi connectivity index (χ0v) is 8.94. The van der Waals surface area contributed by atoms with Crippen molar-refractivity contribution in [1.82, 2.24) is 0 Å². The number of aryl methyl sites for hydroxylation is 1. The number of carbonyl (C=O) groups excluding carboxylic acids is 1. The van der Waals surface area contributed by atoms with Gasteiger partial charge in [0, 0.05) is 0 Å². The minimum absolute atomic E-state index is 0.108. The highest BCUT2D eigenvalue weighted by Gasteiger charge is 2.18. The second kappa shape index (κ2) is 4.46. The first-order valence-corrected chi connectivity index (χ1v) is 4.53. The van der Waals surface area contributed by atoms with Crippen molar-refractivity contribution in [2.24, 2.45) is 0 Å². The van der Waals surface area contributed by atoms with Gasteiger partial charge in [-0.15, -0.1) is 0 Å². The van der Waals surface area contributed by atoms with E-state index in [1.54, 1.807) is 13.0 Å². The van der Waals surface area contributed by atoms with Gasteiger partial charge in [-0.3, -0.25) is 4.79 Å². The van der Waals surface area contributed by atoms with Gasteiger partial charge < -0.3 is 14.8 Å². The Balaban J connectivity index is 3.37. The average Bonchev–Trinajstić information content (AvgIpc) is 2.15. The molecule has 0 heterocycles. The third-order valence-corrected chi connectivity index (χ3v) is 2.19. The van der Waals surface area contributed by atoms with E-state index < -0.39 is 7.12 Å². The van der Waals surface area contributed by atoms with Crippen LogP contribution in [0.15, 0.2) is 12.1 Å². The summed E-state index contributed by atoms with van der Waals surface area (Å²) < 4.78 is 5.04. The van der Waals surface area contributed by atoms with Gasteiger partial charge in [0.05, 0.1) is 12.7 Å². The number of ketones is 1. The molecular weight excluding hydrogens is 195 g/mol. The number of hydrogen-bond acceptors (Lipinski definition) is 4. The molecule has 0 aromatic heterocycles. The summed E-state index contributed by atoms with van der Waals surface area (Å²) >= 11 is 0. The summed E-state index contributed by atoms with van der Waals surface area (Å²) in [5.41, 5.74) is 1.46. The molecular formula is C10H13BO4. The number of benzene rings is 1. The summed E-state index contributed by atoms with van der Waals surface area (Å²) in [5.74, 6) is 0.258. The van der Waals surface area contributed by atoms with E-state index in [1.165, 1.54) is 20.1 Å². The first-order valence-electron chi connectivity index (χ1n) is 4.53. The summed E-state index contributed by atoms with van der Waals surface area (Å²) in [4.78, 5) is 11.3. The maximum Gasteiger partial charge on any atom is 0.488 e. The van der Waals surface area contributed by atoms with E-state index in [-0.39, 0.29) is 5.78 Å². The van der Waals surface area contributed by atoms with Crippen molar-refractivity contribution in [1.29, 1.82) is 0 Å². The molecule has 0 saturated heterocycles. The molecule has 0 unspecified atom stereocenters. The highest BCUT2D eigenvalue weighted by Crippen LogP contribution is 2.21. The lowest BCUT2D eigenvalue weighted by molar-refractivity contribution is 0.101.